The third-order valence-electron chi connectivity index (χ3n) is 2.52. The average molecular weight is 224 g/mol. The van der Waals surface area contributed by atoms with Crippen molar-refractivity contribution >= 4 is 5.69 Å². The molecule has 0 amide bonds. The zero-order chi connectivity index (χ0) is 12.8. The largest absolute Gasteiger partial charge is 0.378 e. The van der Waals surface area contributed by atoms with Crippen molar-refractivity contribution in [2.75, 3.05) is 19.0 Å². The Hall–Kier alpha value is -2.51. The molecule has 0 aliphatic heterocycles. The molecule has 84 valence electrons. The van der Waals surface area contributed by atoms with Crippen molar-refractivity contribution in [1.29, 1.82) is 15.8 Å². The van der Waals surface area contributed by atoms with Crippen molar-refractivity contribution in [3.05, 3.63) is 29.8 Å². The quantitative estimate of drug-likeness (QED) is 0.787. The second-order valence-electron chi connectivity index (χ2n) is 3.83. The van der Waals surface area contributed by atoms with E-state index in [2.05, 4.69) is 0 Å². The standard InChI is InChI=1S/C13H12N4/c1-17(2)12-5-3-10(4-6-12)13(9-16)11(7-14)8-15/h3-6,11,13H,1-2H3. The molecule has 4 nitrogen and oxygen atoms in total. The van der Waals surface area contributed by atoms with Crippen LogP contribution in [0.5, 0.6) is 0 Å². The maximum atomic E-state index is 9.03. The molecule has 0 spiro atoms. The molecule has 0 N–H and O–H groups in total. The lowest BCUT2D eigenvalue weighted by molar-refractivity contribution is 0.744. The molecule has 0 fully saturated rings. The Balaban J connectivity index is 3.04. The van der Waals surface area contributed by atoms with Gasteiger partial charge in [-0.2, -0.15) is 15.8 Å². The normalized spacial score (nSPS) is 11.1. The van der Waals surface area contributed by atoms with Crippen LogP contribution in [0.2, 0.25) is 0 Å². The number of nitrogens with zero attached hydrogens (tertiary/aromatic N) is 4. The monoisotopic (exact) mass is 224 g/mol. The van der Waals surface area contributed by atoms with Crippen molar-refractivity contribution < 1.29 is 0 Å². The van der Waals surface area contributed by atoms with Gasteiger partial charge in [0.15, 0.2) is 5.92 Å². The Kier molecular flexibility index (Phi) is 4.09. The molecule has 0 bridgehead atoms. The molecule has 1 aromatic rings. The predicted molar refractivity (Wildman–Crippen MR) is 63.8 cm³/mol. The van der Waals surface area contributed by atoms with Gasteiger partial charge < -0.3 is 4.90 Å². The summed E-state index contributed by atoms with van der Waals surface area (Å²) in [4.78, 5) is 1.94. The zero-order valence-corrected chi connectivity index (χ0v) is 9.75. The first-order chi connectivity index (χ1) is 8.13. The average Bonchev–Trinajstić information content (AvgIpc) is 2.36. The fourth-order valence-corrected chi connectivity index (χ4v) is 1.50. The second kappa shape index (κ2) is 5.54. The SMILES string of the molecule is CN(C)c1ccc(C(C#N)C(C#N)C#N)cc1. The summed E-state index contributed by atoms with van der Waals surface area (Å²) in [7, 11) is 3.84. The smallest absolute Gasteiger partial charge is 0.153 e. The summed E-state index contributed by atoms with van der Waals surface area (Å²) in [6.45, 7) is 0. The van der Waals surface area contributed by atoms with Crippen molar-refractivity contribution in [1.82, 2.24) is 0 Å². The van der Waals surface area contributed by atoms with Crippen molar-refractivity contribution in [2.24, 2.45) is 5.92 Å². The molecule has 0 aliphatic rings. The fourth-order valence-electron chi connectivity index (χ4n) is 1.50. The lowest BCUT2D eigenvalue weighted by Gasteiger charge is -2.14. The lowest BCUT2D eigenvalue weighted by atomic mass is 9.89. The molecule has 0 saturated carbocycles. The summed E-state index contributed by atoms with van der Waals surface area (Å²) in [5, 5.41) is 26.6. The van der Waals surface area contributed by atoms with E-state index >= 15 is 0 Å². The molecular weight excluding hydrogens is 212 g/mol. The van der Waals surface area contributed by atoms with Crippen LogP contribution in [0.3, 0.4) is 0 Å². The van der Waals surface area contributed by atoms with Gasteiger partial charge in [-0.15, -0.1) is 0 Å². The van der Waals surface area contributed by atoms with Gasteiger partial charge in [0.2, 0.25) is 0 Å². The Bertz CT molecular complexity index is 482. The van der Waals surface area contributed by atoms with Gasteiger partial charge in [-0.05, 0) is 17.7 Å². The minimum absolute atomic E-state index is 0.693. The molecule has 17 heavy (non-hydrogen) atoms. The minimum atomic E-state index is -0.926. The first kappa shape index (κ1) is 12.6. The van der Waals surface area contributed by atoms with Crippen LogP contribution < -0.4 is 4.90 Å². The van der Waals surface area contributed by atoms with E-state index in [0.717, 1.165) is 5.69 Å². The maximum absolute atomic E-state index is 9.03. The molecule has 1 rings (SSSR count). The highest BCUT2D eigenvalue weighted by atomic mass is 15.1. The molecule has 0 heterocycles. The van der Waals surface area contributed by atoms with Crippen LogP contribution in [-0.4, -0.2) is 14.1 Å². The lowest BCUT2D eigenvalue weighted by Crippen LogP contribution is -2.10. The topological polar surface area (TPSA) is 74.6 Å². The van der Waals surface area contributed by atoms with Crippen molar-refractivity contribution in [3.8, 4) is 18.2 Å². The van der Waals surface area contributed by atoms with Crippen LogP contribution in [0.4, 0.5) is 5.69 Å². The number of hydrogen-bond donors (Lipinski definition) is 0. The van der Waals surface area contributed by atoms with E-state index in [0.29, 0.717) is 5.56 Å². The van der Waals surface area contributed by atoms with Crippen molar-refractivity contribution in [3.63, 3.8) is 0 Å². The van der Waals surface area contributed by atoms with Gasteiger partial charge in [0.1, 0.15) is 5.92 Å². The Morgan fingerprint density at radius 1 is 0.941 bits per heavy atom. The van der Waals surface area contributed by atoms with Gasteiger partial charge in [-0.1, -0.05) is 12.1 Å². The first-order valence-corrected chi connectivity index (χ1v) is 5.10. The van der Waals surface area contributed by atoms with Gasteiger partial charge in [-0.3, -0.25) is 0 Å². The Morgan fingerprint density at radius 2 is 1.47 bits per heavy atom. The summed E-state index contributed by atoms with van der Waals surface area (Å²) in [5.41, 5.74) is 1.71. The highest BCUT2D eigenvalue weighted by molar-refractivity contribution is 5.47. The summed E-state index contributed by atoms with van der Waals surface area (Å²) in [5.74, 6) is -1.62. The van der Waals surface area contributed by atoms with Crippen LogP contribution in [0, 0.1) is 39.9 Å². The number of rotatable bonds is 3. The van der Waals surface area contributed by atoms with Gasteiger partial charge in [-0.25, -0.2) is 0 Å². The van der Waals surface area contributed by atoms with E-state index < -0.39 is 11.8 Å². The van der Waals surface area contributed by atoms with Gasteiger partial charge in [0.25, 0.3) is 0 Å². The number of hydrogen-bond acceptors (Lipinski definition) is 4. The fraction of sp³-hybridized carbons (Fsp3) is 0.308. The minimum Gasteiger partial charge on any atom is -0.378 e. The van der Waals surface area contributed by atoms with Gasteiger partial charge in [0.05, 0.1) is 18.2 Å². The molecule has 0 radical (unpaired) electrons. The van der Waals surface area contributed by atoms with Crippen molar-refractivity contribution in [2.45, 2.75) is 5.92 Å². The molecule has 1 atom stereocenters. The molecule has 1 aromatic carbocycles. The van der Waals surface area contributed by atoms with Gasteiger partial charge in [0, 0.05) is 19.8 Å². The summed E-state index contributed by atoms with van der Waals surface area (Å²) in [6.07, 6.45) is 0. The van der Waals surface area contributed by atoms with Crippen LogP contribution in [0.25, 0.3) is 0 Å². The highest BCUT2D eigenvalue weighted by Gasteiger charge is 2.22. The summed E-state index contributed by atoms with van der Waals surface area (Å²) >= 11 is 0. The predicted octanol–water partition coefficient (Wildman–Crippen LogP) is 2.02. The number of benzene rings is 1. The Labute approximate surface area is 101 Å². The highest BCUT2D eigenvalue weighted by Crippen LogP contribution is 2.25. The summed E-state index contributed by atoms with van der Waals surface area (Å²) < 4.78 is 0. The van der Waals surface area contributed by atoms with Crippen LogP contribution in [0.15, 0.2) is 24.3 Å². The van der Waals surface area contributed by atoms with E-state index in [-0.39, 0.29) is 0 Å². The molecular formula is C13H12N4. The van der Waals surface area contributed by atoms with E-state index in [9.17, 15) is 0 Å². The second-order valence-corrected chi connectivity index (χ2v) is 3.83. The molecule has 0 aromatic heterocycles. The van der Waals surface area contributed by atoms with Crippen LogP contribution >= 0.6 is 0 Å². The van der Waals surface area contributed by atoms with E-state index in [4.69, 9.17) is 15.8 Å². The van der Waals surface area contributed by atoms with E-state index in [1.54, 1.807) is 12.1 Å². The van der Waals surface area contributed by atoms with E-state index in [1.807, 2.05) is 49.3 Å². The van der Waals surface area contributed by atoms with Crippen LogP contribution in [-0.2, 0) is 0 Å². The zero-order valence-electron chi connectivity index (χ0n) is 9.75. The molecule has 4 heteroatoms. The third-order valence-corrected chi connectivity index (χ3v) is 2.52. The maximum Gasteiger partial charge on any atom is 0.153 e. The first-order valence-electron chi connectivity index (χ1n) is 5.10. The van der Waals surface area contributed by atoms with Crippen LogP contribution in [0.1, 0.15) is 11.5 Å². The molecule has 1 unspecified atom stereocenters. The summed E-state index contributed by atoms with van der Waals surface area (Å²) in [6, 6.07) is 13.0. The third kappa shape index (κ3) is 2.74. The molecule has 0 saturated heterocycles. The van der Waals surface area contributed by atoms with E-state index in [1.165, 1.54) is 0 Å². The van der Waals surface area contributed by atoms with Gasteiger partial charge >= 0.3 is 0 Å². The molecule has 0 aliphatic carbocycles. The number of anilines is 1. The number of nitriles is 3. The Morgan fingerprint density at radius 3 is 1.82 bits per heavy atom.